The molecule has 136 valence electrons. The first kappa shape index (κ1) is 18.2. The number of hydrogen-bond donors (Lipinski definition) is 0. The molecule has 4 nitrogen and oxygen atoms in total. The summed E-state index contributed by atoms with van der Waals surface area (Å²) >= 11 is 0. The molecule has 4 heteroatoms. The zero-order valence-electron chi connectivity index (χ0n) is 15.7. The Kier molecular flexibility index (Phi) is 5.40. The molecule has 0 fully saturated rings. The normalized spacial score (nSPS) is 13.5. The molecule has 1 aliphatic heterocycles. The van der Waals surface area contributed by atoms with E-state index in [1.54, 1.807) is 4.90 Å². The Bertz CT molecular complexity index is 813. The molecule has 0 bridgehead atoms. The summed E-state index contributed by atoms with van der Waals surface area (Å²) < 4.78 is 0. The van der Waals surface area contributed by atoms with E-state index in [1.807, 2.05) is 47.4 Å². The Morgan fingerprint density at radius 2 is 1.77 bits per heavy atom. The number of fused-ring (bicyclic) bond motifs is 1. The third-order valence-electron chi connectivity index (χ3n) is 4.93. The van der Waals surface area contributed by atoms with E-state index in [9.17, 15) is 9.59 Å². The summed E-state index contributed by atoms with van der Waals surface area (Å²) in [5, 5.41) is 0. The number of para-hydroxylation sites is 2. The van der Waals surface area contributed by atoms with Crippen molar-refractivity contribution in [2.75, 3.05) is 22.9 Å². The van der Waals surface area contributed by atoms with Crippen molar-refractivity contribution >= 4 is 23.2 Å². The maximum Gasteiger partial charge on any atom is 0.247 e. The van der Waals surface area contributed by atoms with Gasteiger partial charge in [-0.2, -0.15) is 0 Å². The van der Waals surface area contributed by atoms with Gasteiger partial charge in [0.25, 0.3) is 0 Å². The maximum absolute atomic E-state index is 13.1. The molecule has 0 atom stereocenters. The largest absolute Gasteiger partial charge is 0.311 e. The van der Waals surface area contributed by atoms with E-state index in [-0.39, 0.29) is 24.3 Å². The van der Waals surface area contributed by atoms with Crippen LogP contribution >= 0.6 is 0 Å². The van der Waals surface area contributed by atoms with Gasteiger partial charge in [-0.05, 0) is 42.0 Å². The van der Waals surface area contributed by atoms with Gasteiger partial charge in [0.1, 0.15) is 6.54 Å². The fraction of sp³-hybridized carbons (Fsp3) is 0.364. The fourth-order valence-electron chi connectivity index (χ4n) is 3.60. The highest BCUT2D eigenvalue weighted by atomic mass is 16.2. The first-order valence-corrected chi connectivity index (χ1v) is 9.24. The van der Waals surface area contributed by atoms with Gasteiger partial charge in [0, 0.05) is 24.8 Å². The minimum atomic E-state index is -0.114. The van der Waals surface area contributed by atoms with Crippen molar-refractivity contribution in [1.82, 2.24) is 0 Å². The number of benzene rings is 2. The molecule has 2 aromatic rings. The van der Waals surface area contributed by atoms with Gasteiger partial charge in [0.15, 0.2) is 0 Å². The number of hydrogen-bond acceptors (Lipinski definition) is 2. The smallest absolute Gasteiger partial charge is 0.247 e. The van der Waals surface area contributed by atoms with Crippen molar-refractivity contribution in [2.24, 2.45) is 0 Å². The van der Waals surface area contributed by atoms with Crippen LogP contribution < -0.4 is 9.80 Å². The van der Waals surface area contributed by atoms with Gasteiger partial charge in [-0.1, -0.05) is 50.2 Å². The van der Waals surface area contributed by atoms with Crippen LogP contribution in [0.2, 0.25) is 0 Å². The van der Waals surface area contributed by atoms with Crippen LogP contribution in [0.5, 0.6) is 0 Å². The van der Waals surface area contributed by atoms with Crippen molar-refractivity contribution < 1.29 is 9.59 Å². The first-order chi connectivity index (χ1) is 12.5. The van der Waals surface area contributed by atoms with Gasteiger partial charge in [-0.25, -0.2) is 0 Å². The number of nitrogens with zero attached hydrogens (tertiary/aromatic N) is 2. The SMILES string of the molecule is CC(=O)N(CC(=O)N1CCCc2ccccc21)c1ccccc1C(C)C. The lowest BCUT2D eigenvalue weighted by Gasteiger charge is -2.32. The van der Waals surface area contributed by atoms with E-state index in [0.29, 0.717) is 6.54 Å². The lowest BCUT2D eigenvalue weighted by molar-refractivity contribution is -0.121. The predicted molar refractivity (Wildman–Crippen MR) is 106 cm³/mol. The number of rotatable bonds is 4. The first-order valence-electron chi connectivity index (χ1n) is 9.24. The topological polar surface area (TPSA) is 40.6 Å². The summed E-state index contributed by atoms with van der Waals surface area (Å²) in [6, 6.07) is 15.9. The molecule has 2 aromatic carbocycles. The molecule has 0 aliphatic carbocycles. The van der Waals surface area contributed by atoms with Crippen LogP contribution in [0.15, 0.2) is 48.5 Å². The monoisotopic (exact) mass is 350 g/mol. The predicted octanol–water partition coefficient (Wildman–Crippen LogP) is 4.14. The minimum absolute atomic E-state index is 0.0362. The highest BCUT2D eigenvalue weighted by molar-refractivity contribution is 6.03. The average Bonchev–Trinajstić information content (AvgIpc) is 2.65. The van der Waals surface area contributed by atoms with Crippen molar-refractivity contribution in [2.45, 2.75) is 39.5 Å². The summed E-state index contributed by atoms with van der Waals surface area (Å²) in [5.41, 5.74) is 4.08. The number of aryl methyl sites for hydroxylation is 1. The molecule has 0 saturated heterocycles. The van der Waals surface area contributed by atoms with E-state index < -0.39 is 0 Å². The van der Waals surface area contributed by atoms with Gasteiger partial charge >= 0.3 is 0 Å². The molecule has 1 heterocycles. The molecule has 0 unspecified atom stereocenters. The van der Waals surface area contributed by atoms with E-state index >= 15 is 0 Å². The molecule has 3 rings (SSSR count). The van der Waals surface area contributed by atoms with E-state index in [0.717, 1.165) is 29.8 Å². The number of anilines is 2. The summed E-state index contributed by atoms with van der Waals surface area (Å²) in [7, 11) is 0. The van der Waals surface area contributed by atoms with E-state index in [2.05, 4.69) is 19.9 Å². The molecule has 1 aliphatic rings. The number of carbonyl (C=O) groups is 2. The van der Waals surface area contributed by atoms with Crippen LogP contribution in [0.25, 0.3) is 0 Å². The van der Waals surface area contributed by atoms with Crippen LogP contribution in [0.4, 0.5) is 11.4 Å². The average molecular weight is 350 g/mol. The minimum Gasteiger partial charge on any atom is -0.311 e. The zero-order chi connectivity index (χ0) is 18.7. The Morgan fingerprint density at radius 3 is 2.50 bits per heavy atom. The molecular formula is C22H26N2O2. The van der Waals surface area contributed by atoms with Crippen LogP contribution in [-0.2, 0) is 16.0 Å². The summed E-state index contributed by atoms with van der Waals surface area (Å²) in [6.45, 7) is 6.48. The van der Waals surface area contributed by atoms with Crippen LogP contribution in [0, 0.1) is 0 Å². The van der Waals surface area contributed by atoms with Crippen LogP contribution in [0.3, 0.4) is 0 Å². The van der Waals surface area contributed by atoms with E-state index in [4.69, 9.17) is 0 Å². The van der Waals surface area contributed by atoms with Gasteiger partial charge in [-0.3, -0.25) is 9.59 Å². The molecule has 0 spiro atoms. The standard InChI is InChI=1S/C22H26N2O2/c1-16(2)19-11-5-7-13-21(19)24(17(3)25)15-22(26)23-14-8-10-18-9-4-6-12-20(18)23/h4-7,9,11-13,16H,8,10,14-15H2,1-3H3. The summed E-state index contributed by atoms with van der Waals surface area (Å²) in [6.07, 6.45) is 1.94. The third kappa shape index (κ3) is 3.64. The van der Waals surface area contributed by atoms with Crippen molar-refractivity contribution in [3.63, 3.8) is 0 Å². The molecule has 26 heavy (non-hydrogen) atoms. The molecule has 0 aromatic heterocycles. The zero-order valence-corrected chi connectivity index (χ0v) is 15.7. The Hall–Kier alpha value is -2.62. The Balaban J connectivity index is 1.89. The summed E-state index contributed by atoms with van der Waals surface area (Å²) in [4.78, 5) is 28.8. The molecular weight excluding hydrogens is 324 g/mol. The van der Waals surface area contributed by atoms with Crippen molar-refractivity contribution in [3.8, 4) is 0 Å². The summed E-state index contributed by atoms with van der Waals surface area (Å²) in [5.74, 6) is 0.126. The van der Waals surface area contributed by atoms with E-state index in [1.165, 1.54) is 12.5 Å². The number of amides is 2. The Labute approximate surface area is 155 Å². The van der Waals surface area contributed by atoms with Crippen molar-refractivity contribution in [1.29, 1.82) is 0 Å². The second kappa shape index (κ2) is 7.73. The highest BCUT2D eigenvalue weighted by Gasteiger charge is 2.26. The second-order valence-electron chi connectivity index (χ2n) is 7.10. The third-order valence-corrected chi connectivity index (χ3v) is 4.93. The maximum atomic E-state index is 13.1. The van der Waals surface area contributed by atoms with Crippen LogP contribution in [0.1, 0.15) is 44.2 Å². The van der Waals surface area contributed by atoms with Crippen LogP contribution in [-0.4, -0.2) is 24.9 Å². The van der Waals surface area contributed by atoms with Gasteiger partial charge in [0.2, 0.25) is 11.8 Å². The lowest BCUT2D eigenvalue weighted by Crippen LogP contribution is -2.44. The highest BCUT2D eigenvalue weighted by Crippen LogP contribution is 2.29. The lowest BCUT2D eigenvalue weighted by atomic mass is 10.00. The van der Waals surface area contributed by atoms with Gasteiger partial charge in [0.05, 0.1) is 0 Å². The van der Waals surface area contributed by atoms with Crippen molar-refractivity contribution in [3.05, 3.63) is 59.7 Å². The fourth-order valence-corrected chi connectivity index (χ4v) is 3.60. The van der Waals surface area contributed by atoms with Gasteiger partial charge in [-0.15, -0.1) is 0 Å². The molecule has 0 saturated carbocycles. The molecule has 0 N–H and O–H groups in total. The quantitative estimate of drug-likeness (QED) is 0.831. The molecule has 0 radical (unpaired) electrons. The number of carbonyl (C=O) groups excluding carboxylic acids is 2. The second-order valence-corrected chi connectivity index (χ2v) is 7.10. The van der Waals surface area contributed by atoms with Gasteiger partial charge < -0.3 is 9.80 Å². The Morgan fingerprint density at radius 1 is 1.08 bits per heavy atom. The molecule has 2 amide bonds.